The highest BCUT2D eigenvalue weighted by atomic mass is 32.2. The molecule has 0 bridgehead atoms. The van der Waals surface area contributed by atoms with E-state index in [0.717, 1.165) is 11.8 Å². The van der Waals surface area contributed by atoms with E-state index >= 15 is 0 Å². The van der Waals surface area contributed by atoms with Crippen LogP contribution in [0.3, 0.4) is 0 Å². The topological polar surface area (TPSA) is 122 Å². The highest BCUT2D eigenvalue weighted by Crippen LogP contribution is 2.26. The van der Waals surface area contributed by atoms with Crippen LogP contribution in [0.1, 0.15) is 12.0 Å². The Hall–Kier alpha value is -3.53. The highest BCUT2D eigenvalue weighted by Gasteiger charge is 2.32. The van der Waals surface area contributed by atoms with Gasteiger partial charge in [-0.25, -0.2) is 0 Å². The number of aromatic hydroxyl groups is 1. The molecule has 1 aliphatic rings. The summed E-state index contributed by atoms with van der Waals surface area (Å²) in [5.74, 6) is 0.443. The Morgan fingerprint density at radius 2 is 2.00 bits per heavy atom. The molecule has 0 unspecified atom stereocenters. The molecule has 2 amide bonds. The summed E-state index contributed by atoms with van der Waals surface area (Å²) in [5, 5.41) is 22.6. The first-order valence-corrected chi connectivity index (χ1v) is 9.76. The number of phenolic OH excluding ortho intramolecular Hbond substituents is 1. The number of ether oxygens (including phenoxy) is 2. The van der Waals surface area contributed by atoms with E-state index in [1.165, 1.54) is 19.4 Å². The van der Waals surface area contributed by atoms with Crippen LogP contribution in [-0.2, 0) is 9.59 Å². The van der Waals surface area contributed by atoms with Crippen LogP contribution < -0.4 is 20.1 Å². The predicted octanol–water partition coefficient (Wildman–Crippen LogP) is 2.36. The third kappa shape index (κ3) is 5.51. The number of phenols is 1. The molecule has 3 rings (SSSR count). The Balaban J connectivity index is 1.55. The molecule has 0 radical (unpaired) electrons. The smallest absolute Gasteiger partial charge is 0.240 e. The number of methoxy groups -OCH3 is 2. The van der Waals surface area contributed by atoms with Crippen molar-refractivity contribution >= 4 is 40.6 Å². The van der Waals surface area contributed by atoms with Crippen LogP contribution in [0.2, 0.25) is 0 Å². The molecule has 3 N–H and O–H groups in total. The van der Waals surface area contributed by atoms with Crippen LogP contribution in [0, 0.1) is 0 Å². The van der Waals surface area contributed by atoms with Gasteiger partial charge in [-0.15, -0.1) is 5.10 Å². The van der Waals surface area contributed by atoms with Crippen LogP contribution in [-0.4, -0.2) is 47.8 Å². The van der Waals surface area contributed by atoms with Gasteiger partial charge in [0, 0.05) is 12.1 Å². The molecule has 2 aromatic carbocycles. The summed E-state index contributed by atoms with van der Waals surface area (Å²) in [6.45, 7) is 0. The van der Waals surface area contributed by atoms with Gasteiger partial charge in [-0.05, 0) is 48.0 Å². The van der Waals surface area contributed by atoms with Crippen molar-refractivity contribution in [3.63, 3.8) is 0 Å². The van der Waals surface area contributed by atoms with Gasteiger partial charge in [0.15, 0.2) is 16.7 Å². The van der Waals surface area contributed by atoms with E-state index < -0.39 is 5.25 Å². The minimum atomic E-state index is -0.592. The molecule has 0 spiro atoms. The summed E-state index contributed by atoms with van der Waals surface area (Å²) in [6, 6.07) is 11.6. The number of thioether (sulfide) groups is 1. The molecule has 1 heterocycles. The molecule has 1 aliphatic heterocycles. The average Bonchev–Trinajstić information content (AvgIpc) is 3.08. The van der Waals surface area contributed by atoms with Crippen LogP contribution in [0.25, 0.3) is 0 Å². The molecule has 30 heavy (non-hydrogen) atoms. The molecule has 1 fully saturated rings. The first-order chi connectivity index (χ1) is 14.5. The molecular weight excluding hydrogens is 408 g/mol. The zero-order valence-corrected chi connectivity index (χ0v) is 17.1. The summed E-state index contributed by atoms with van der Waals surface area (Å²) in [7, 11) is 3.01. The maximum absolute atomic E-state index is 12.2. The van der Waals surface area contributed by atoms with Crippen molar-refractivity contribution < 1.29 is 24.2 Å². The van der Waals surface area contributed by atoms with Crippen LogP contribution >= 0.6 is 11.8 Å². The number of hydrogen-bond donors (Lipinski definition) is 3. The largest absolute Gasteiger partial charge is 0.504 e. The van der Waals surface area contributed by atoms with Crippen molar-refractivity contribution in [3.8, 4) is 17.2 Å². The van der Waals surface area contributed by atoms with E-state index in [1.54, 1.807) is 43.5 Å². The van der Waals surface area contributed by atoms with E-state index in [1.807, 2.05) is 0 Å². The molecule has 1 atom stereocenters. The molecule has 10 heteroatoms. The number of anilines is 1. The number of benzene rings is 2. The summed E-state index contributed by atoms with van der Waals surface area (Å²) >= 11 is 1.14. The van der Waals surface area contributed by atoms with Gasteiger partial charge in [0.05, 0.1) is 20.4 Å². The summed E-state index contributed by atoms with van der Waals surface area (Å²) < 4.78 is 10.1. The van der Waals surface area contributed by atoms with Crippen LogP contribution in [0.4, 0.5) is 5.69 Å². The van der Waals surface area contributed by atoms with Gasteiger partial charge < -0.3 is 25.2 Å². The Morgan fingerprint density at radius 1 is 1.23 bits per heavy atom. The van der Waals surface area contributed by atoms with Crippen molar-refractivity contribution in [2.24, 2.45) is 10.2 Å². The number of rotatable bonds is 7. The lowest BCUT2D eigenvalue weighted by Gasteiger charge is -2.08. The monoisotopic (exact) mass is 428 g/mol. The standard InChI is InChI=1S/C20H20N4O5S/c1-28-14-6-4-13(5-7-14)22-18(26)10-17-19(27)23-20(30-17)24-21-11-12-3-8-15(25)16(9-12)29-2/h3-9,11,17,25H,10H2,1-2H3,(H,22,26)(H,23,24,27)/b21-11+/t17-/m0/s1. The van der Waals surface area contributed by atoms with Gasteiger partial charge in [0.2, 0.25) is 11.8 Å². The van der Waals surface area contributed by atoms with Gasteiger partial charge >= 0.3 is 0 Å². The van der Waals surface area contributed by atoms with Gasteiger partial charge in [-0.3, -0.25) is 9.59 Å². The fourth-order valence-corrected chi connectivity index (χ4v) is 3.49. The Kier molecular flexibility index (Phi) is 6.91. The van der Waals surface area contributed by atoms with Crippen LogP contribution in [0.15, 0.2) is 52.7 Å². The lowest BCUT2D eigenvalue weighted by molar-refractivity contribution is -0.122. The molecule has 9 nitrogen and oxygen atoms in total. The van der Waals surface area contributed by atoms with E-state index in [2.05, 4.69) is 20.8 Å². The molecule has 0 saturated carbocycles. The maximum atomic E-state index is 12.2. The number of carbonyl (C=O) groups excluding carboxylic acids is 2. The Bertz CT molecular complexity index is 991. The van der Waals surface area contributed by atoms with E-state index in [9.17, 15) is 14.7 Å². The lowest BCUT2D eigenvalue weighted by Crippen LogP contribution is -2.28. The van der Waals surface area contributed by atoms with Gasteiger partial charge in [-0.1, -0.05) is 11.8 Å². The molecule has 156 valence electrons. The van der Waals surface area contributed by atoms with Crippen molar-refractivity contribution in [3.05, 3.63) is 48.0 Å². The molecule has 0 aromatic heterocycles. The van der Waals surface area contributed by atoms with Crippen molar-refractivity contribution in [2.45, 2.75) is 11.7 Å². The highest BCUT2D eigenvalue weighted by molar-refractivity contribution is 8.15. The number of hydrogen-bond acceptors (Lipinski definition) is 8. The molecule has 0 aliphatic carbocycles. The second-order valence-electron chi connectivity index (χ2n) is 6.16. The fourth-order valence-electron chi connectivity index (χ4n) is 2.56. The van der Waals surface area contributed by atoms with Crippen molar-refractivity contribution in [2.75, 3.05) is 19.5 Å². The summed E-state index contributed by atoms with van der Waals surface area (Å²) in [4.78, 5) is 24.3. The first kappa shape index (κ1) is 21.2. The maximum Gasteiger partial charge on any atom is 0.240 e. The van der Waals surface area contributed by atoms with Gasteiger partial charge in [0.1, 0.15) is 11.0 Å². The Morgan fingerprint density at radius 3 is 2.70 bits per heavy atom. The number of nitrogens with one attached hydrogen (secondary N) is 2. The number of amides is 2. The molecule has 2 aromatic rings. The zero-order chi connectivity index (χ0) is 21.5. The predicted molar refractivity (Wildman–Crippen MR) is 115 cm³/mol. The summed E-state index contributed by atoms with van der Waals surface area (Å²) in [6.07, 6.45) is 1.46. The normalized spacial score (nSPS) is 17.2. The minimum absolute atomic E-state index is 0.000421. The van der Waals surface area contributed by atoms with E-state index in [4.69, 9.17) is 9.47 Å². The first-order valence-electron chi connectivity index (χ1n) is 8.88. The number of amidine groups is 1. The quantitative estimate of drug-likeness (QED) is 0.460. The van der Waals surface area contributed by atoms with E-state index in [-0.39, 0.29) is 24.0 Å². The van der Waals surface area contributed by atoms with Gasteiger partial charge in [0.25, 0.3) is 0 Å². The lowest BCUT2D eigenvalue weighted by atomic mass is 10.2. The third-order valence-corrected chi connectivity index (χ3v) is 5.15. The van der Waals surface area contributed by atoms with Crippen molar-refractivity contribution in [1.82, 2.24) is 5.32 Å². The second-order valence-corrected chi connectivity index (χ2v) is 7.35. The number of nitrogens with zero attached hydrogens (tertiary/aromatic N) is 2. The van der Waals surface area contributed by atoms with E-state index in [0.29, 0.717) is 27.9 Å². The third-order valence-electron chi connectivity index (χ3n) is 4.08. The van der Waals surface area contributed by atoms with Crippen LogP contribution in [0.5, 0.6) is 17.2 Å². The zero-order valence-electron chi connectivity index (χ0n) is 16.3. The second kappa shape index (κ2) is 9.79. The van der Waals surface area contributed by atoms with Gasteiger partial charge in [-0.2, -0.15) is 5.10 Å². The fraction of sp³-hybridized carbons (Fsp3) is 0.200. The SMILES string of the molecule is COc1ccc(NC(=O)C[C@@H]2S/C(=N\N=C\c3ccc(O)c(OC)c3)NC2=O)cc1. The average molecular weight is 428 g/mol. The number of carbonyl (C=O) groups is 2. The summed E-state index contributed by atoms with van der Waals surface area (Å²) in [5.41, 5.74) is 1.28. The molecule has 1 saturated heterocycles. The Labute approximate surface area is 177 Å². The van der Waals surface area contributed by atoms with Crippen molar-refractivity contribution in [1.29, 1.82) is 0 Å². The minimum Gasteiger partial charge on any atom is -0.504 e. The molecular formula is C20H20N4O5S.